The molecule has 1 fully saturated rings. The Morgan fingerprint density at radius 3 is 2.56 bits per heavy atom. The molecular formula is C20H21FN6O4S. The lowest BCUT2D eigenvalue weighted by molar-refractivity contribution is 0.102. The first-order valence-electron chi connectivity index (χ1n) is 9.85. The molecule has 0 atom stereocenters. The number of aryl methyl sites for hydroxylation is 1. The van der Waals surface area contributed by atoms with Crippen molar-refractivity contribution in [2.75, 3.05) is 25.5 Å². The van der Waals surface area contributed by atoms with Crippen molar-refractivity contribution in [2.45, 2.75) is 24.7 Å². The van der Waals surface area contributed by atoms with Crippen LogP contribution >= 0.6 is 0 Å². The molecule has 1 aliphatic rings. The highest BCUT2D eigenvalue weighted by atomic mass is 32.2. The van der Waals surface area contributed by atoms with Crippen molar-refractivity contribution in [2.24, 2.45) is 0 Å². The van der Waals surface area contributed by atoms with E-state index in [4.69, 9.17) is 4.74 Å². The zero-order valence-corrected chi connectivity index (χ0v) is 18.3. The average molecular weight is 460 g/mol. The number of hydrogen-bond acceptors (Lipinski definition) is 7. The van der Waals surface area contributed by atoms with Crippen LogP contribution in [0.5, 0.6) is 5.75 Å². The largest absolute Gasteiger partial charge is 0.495 e. The van der Waals surface area contributed by atoms with Crippen LogP contribution in [0.25, 0.3) is 5.69 Å². The van der Waals surface area contributed by atoms with Crippen LogP contribution in [0, 0.1) is 12.7 Å². The van der Waals surface area contributed by atoms with Crippen LogP contribution in [-0.4, -0.2) is 59.0 Å². The average Bonchev–Trinajstić information content (AvgIpc) is 3.47. The second-order valence-corrected chi connectivity index (χ2v) is 9.14. The minimum Gasteiger partial charge on any atom is -0.495 e. The van der Waals surface area contributed by atoms with Crippen LogP contribution in [0.4, 0.5) is 10.1 Å². The fraction of sp³-hybridized carbons (Fsp3) is 0.300. The summed E-state index contributed by atoms with van der Waals surface area (Å²) in [6, 6.07) is 8.16. The van der Waals surface area contributed by atoms with E-state index in [1.165, 1.54) is 52.5 Å². The Morgan fingerprint density at radius 2 is 1.91 bits per heavy atom. The molecule has 32 heavy (non-hydrogen) atoms. The molecule has 0 saturated carbocycles. The number of halogens is 1. The SMILES string of the molecule is COc1ccc(C(=O)Nc2ccc(F)c(-n3nnnc3C)c2)cc1S(=O)(=O)N1CCCC1. The molecule has 2 aromatic carbocycles. The first-order valence-corrected chi connectivity index (χ1v) is 11.3. The van der Waals surface area contributed by atoms with Gasteiger partial charge in [-0.2, -0.15) is 8.99 Å². The van der Waals surface area contributed by atoms with Gasteiger partial charge in [-0.05, 0) is 66.6 Å². The highest BCUT2D eigenvalue weighted by Gasteiger charge is 2.30. The summed E-state index contributed by atoms with van der Waals surface area (Å²) in [4.78, 5) is 12.8. The zero-order valence-electron chi connectivity index (χ0n) is 17.4. The topological polar surface area (TPSA) is 119 Å². The fourth-order valence-electron chi connectivity index (χ4n) is 3.50. The number of methoxy groups -OCH3 is 1. The number of nitrogens with zero attached hydrogens (tertiary/aromatic N) is 5. The molecule has 4 rings (SSSR count). The van der Waals surface area contributed by atoms with Gasteiger partial charge in [0.2, 0.25) is 10.0 Å². The van der Waals surface area contributed by atoms with Gasteiger partial charge in [0.25, 0.3) is 5.91 Å². The molecule has 1 aliphatic heterocycles. The third-order valence-corrected chi connectivity index (χ3v) is 7.09. The molecule has 12 heteroatoms. The fourth-order valence-corrected chi connectivity index (χ4v) is 5.20. The lowest BCUT2D eigenvalue weighted by Gasteiger charge is -2.18. The van der Waals surface area contributed by atoms with Crippen molar-refractivity contribution < 1.29 is 22.3 Å². The van der Waals surface area contributed by atoms with Gasteiger partial charge in [0.1, 0.15) is 22.1 Å². The van der Waals surface area contributed by atoms with E-state index < -0.39 is 21.7 Å². The van der Waals surface area contributed by atoms with Crippen molar-refractivity contribution in [1.29, 1.82) is 0 Å². The summed E-state index contributed by atoms with van der Waals surface area (Å²) in [6.07, 6.45) is 1.57. The summed E-state index contributed by atoms with van der Waals surface area (Å²) < 4.78 is 48.2. The van der Waals surface area contributed by atoms with Crippen LogP contribution in [0.3, 0.4) is 0 Å². The minimum atomic E-state index is -3.80. The molecular weight excluding hydrogens is 439 g/mol. The summed E-state index contributed by atoms with van der Waals surface area (Å²) in [7, 11) is -2.43. The number of amides is 1. The molecule has 1 N–H and O–H groups in total. The number of nitrogens with one attached hydrogen (secondary N) is 1. The van der Waals surface area contributed by atoms with Gasteiger partial charge >= 0.3 is 0 Å². The maximum atomic E-state index is 14.3. The number of aromatic nitrogens is 4. The van der Waals surface area contributed by atoms with E-state index in [1.54, 1.807) is 6.92 Å². The predicted octanol–water partition coefficient (Wildman–Crippen LogP) is 2.16. The van der Waals surface area contributed by atoms with Crippen LogP contribution in [0.1, 0.15) is 29.0 Å². The van der Waals surface area contributed by atoms with Crippen molar-refractivity contribution in [3.05, 3.63) is 53.6 Å². The van der Waals surface area contributed by atoms with E-state index in [0.717, 1.165) is 12.8 Å². The predicted molar refractivity (Wildman–Crippen MR) is 113 cm³/mol. The van der Waals surface area contributed by atoms with Gasteiger partial charge in [0.05, 0.1) is 7.11 Å². The Hall–Kier alpha value is -3.38. The molecule has 10 nitrogen and oxygen atoms in total. The smallest absolute Gasteiger partial charge is 0.255 e. The summed E-state index contributed by atoms with van der Waals surface area (Å²) in [5.74, 6) is -0.593. The second kappa shape index (κ2) is 8.63. The van der Waals surface area contributed by atoms with Gasteiger partial charge in [-0.1, -0.05) is 0 Å². The van der Waals surface area contributed by atoms with E-state index in [-0.39, 0.29) is 21.9 Å². The Morgan fingerprint density at radius 1 is 1.16 bits per heavy atom. The normalized spacial score (nSPS) is 14.5. The molecule has 1 amide bonds. The van der Waals surface area contributed by atoms with E-state index >= 15 is 0 Å². The highest BCUT2D eigenvalue weighted by Crippen LogP contribution is 2.30. The minimum absolute atomic E-state index is 0.0670. The number of carbonyl (C=O) groups excluding carboxylic acids is 1. The summed E-state index contributed by atoms with van der Waals surface area (Å²) in [5.41, 5.74) is 0.478. The van der Waals surface area contributed by atoms with Crippen molar-refractivity contribution in [1.82, 2.24) is 24.5 Å². The zero-order chi connectivity index (χ0) is 22.9. The first kappa shape index (κ1) is 21.8. The molecule has 0 radical (unpaired) electrons. The van der Waals surface area contributed by atoms with E-state index in [1.807, 2.05) is 0 Å². The third kappa shape index (κ3) is 4.06. The molecule has 0 bridgehead atoms. The Labute approximate surface area is 184 Å². The first-order chi connectivity index (χ1) is 15.3. The summed E-state index contributed by atoms with van der Waals surface area (Å²) in [5, 5.41) is 13.6. The monoisotopic (exact) mass is 460 g/mol. The third-order valence-electron chi connectivity index (χ3n) is 5.17. The maximum Gasteiger partial charge on any atom is 0.255 e. The Balaban J connectivity index is 1.64. The Bertz CT molecular complexity index is 1270. The molecule has 168 valence electrons. The lowest BCUT2D eigenvalue weighted by Crippen LogP contribution is -2.28. The summed E-state index contributed by atoms with van der Waals surface area (Å²) in [6.45, 7) is 2.47. The van der Waals surface area contributed by atoms with Gasteiger partial charge in [-0.25, -0.2) is 12.8 Å². The van der Waals surface area contributed by atoms with Gasteiger partial charge in [0, 0.05) is 24.3 Å². The van der Waals surface area contributed by atoms with Gasteiger partial charge in [-0.15, -0.1) is 5.10 Å². The maximum absolute atomic E-state index is 14.3. The van der Waals surface area contributed by atoms with E-state index in [0.29, 0.717) is 24.6 Å². The number of hydrogen-bond donors (Lipinski definition) is 1. The van der Waals surface area contributed by atoms with E-state index in [2.05, 4.69) is 20.8 Å². The number of tetrazole rings is 1. The van der Waals surface area contributed by atoms with Crippen molar-refractivity contribution in [3.8, 4) is 11.4 Å². The second-order valence-electron chi connectivity index (χ2n) is 7.24. The molecule has 3 aromatic rings. The number of rotatable bonds is 6. The van der Waals surface area contributed by atoms with Gasteiger partial charge in [-0.3, -0.25) is 4.79 Å². The number of sulfonamides is 1. The number of anilines is 1. The van der Waals surface area contributed by atoms with Crippen molar-refractivity contribution >= 4 is 21.6 Å². The molecule has 0 aliphatic carbocycles. The molecule has 1 aromatic heterocycles. The standard InChI is InChI=1S/C20H21FN6O4S/c1-13-23-24-25-27(13)17-12-15(6-7-16(17)21)22-20(28)14-5-8-18(31-2)19(11-14)32(29,30)26-9-3-4-10-26/h5-8,11-12H,3-4,9-10H2,1-2H3,(H,22,28). The quantitative estimate of drug-likeness (QED) is 0.599. The van der Waals surface area contributed by atoms with Crippen LogP contribution in [0.15, 0.2) is 41.3 Å². The molecule has 0 unspecified atom stereocenters. The van der Waals surface area contributed by atoms with Crippen LogP contribution in [0.2, 0.25) is 0 Å². The Kier molecular flexibility index (Phi) is 5.89. The molecule has 2 heterocycles. The van der Waals surface area contributed by atoms with Gasteiger partial charge < -0.3 is 10.1 Å². The van der Waals surface area contributed by atoms with Crippen molar-refractivity contribution in [3.63, 3.8) is 0 Å². The highest BCUT2D eigenvalue weighted by molar-refractivity contribution is 7.89. The number of ether oxygens (including phenoxy) is 1. The molecule has 0 spiro atoms. The van der Waals surface area contributed by atoms with Gasteiger partial charge in [0.15, 0.2) is 5.82 Å². The van der Waals surface area contributed by atoms with E-state index in [9.17, 15) is 17.6 Å². The lowest BCUT2D eigenvalue weighted by atomic mass is 10.2. The molecule has 1 saturated heterocycles. The number of carbonyl (C=O) groups is 1. The number of benzene rings is 2. The summed E-state index contributed by atoms with van der Waals surface area (Å²) >= 11 is 0. The van der Waals surface area contributed by atoms with Crippen LogP contribution < -0.4 is 10.1 Å². The van der Waals surface area contributed by atoms with Crippen LogP contribution in [-0.2, 0) is 10.0 Å².